The van der Waals surface area contributed by atoms with Crippen molar-refractivity contribution in [1.29, 1.82) is 0 Å². The molecule has 2 aromatic rings. The van der Waals surface area contributed by atoms with Crippen molar-refractivity contribution in [2.45, 2.75) is 64.2 Å². The maximum atomic E-state index is 12.3. The molecule has 1 amide bonds. The summed E-state index contributed by atoms with van der Waals surface area (Å²) >= 11 is 1.44. The Balaban J connectivity index is 1.62. The summed E-state index contributed by atoms with van der Waals surface area (Å²) in [6.07, 6.45) is 6.44. The third-order valence-corrected chi connectivity index (χ3v) is 5.89. The van der Waals surface area contributed by atoms with Gasteiger partial charge in [0.1, 0.15) is 5.76 Å². The van der Waals surface area contributed by atoms with Gasteiger partial charge in [-0.2, -0.15) is 0 Å². The lowest BCUT2D eigenvalue weighted by atomic mass is 9.86. The van der Waals surface area contributed by atoms with Crippen LogP contribution in [0.1, 0.15) is 45.3 Å². The predicted molar refractivity (Wildman–Crippen MR) is 98.4 cm³/mol. The summed E-state index contributed by atoms with van der Waals surface area (Å²) in [7, 11) is 0. The van der Waals surface area contributed by atoms with Crippen molar-refractivity contribution in [3.05, 3.63) is 18.1 Å². The third-order valence-electron chi connectivity index (χ3n) is 4.92. The van der Waals surface area contributed by atoms with E-state index in [1.807, 2.05) is 17.6 Å². The Morgan fingerprint density at radius 2 is 2.20 bits per heavy atom. The van der Waals surface area contributed by atoms with Crippen LogP contribution in [0.2, 0.25) is 0 Å². The van der Waals surface area contributed by atoms with Crippen molar-refractivity contribution < 1.29 is 9.21 Å². The summed E-state index contributed by atoms with van der Waals surface area (Å²) < 4.78 is 7.40. The molecule has 2 unspecified atom stereocenters. The van der Waals surface area contributed by atoms with E-state index in [1.54, 1.807) is 6.26 Å². The van der Waals surface area contributed by atoms with E-state index in [4.69, 9.17) is 4.42 Å². The average molecular weight is 362 g/mol. The maximum absolute atomic E-state index is 12.3. The summed E-state index contributed by atoms with van der Waals surface area (Å²) in [5.41, 5.74) is 0.946. The molecule has 2 heterocycles. The number of amides is 1. The van der Waals surface area contributed by atoms with E-state index < -0.39 is 0 Å². The van der Waals surface area contributed by atoms with Crippen LogP contribution >= 0.6 is 11.8 Å². The van der Waals surface area contributed by atoms with Gasteiger partial charge in [0.2, 0.25) is 5.91 Å². The molecule has 0 saturated heterocycles. The maximum Gasteiger partial charge on any atom is 0.230 e. The first-order chi connectivity index (χ1) is 12.1. The zero-order valence-corrected chi connectivity index (χ0v) is 15.9. The summed E-state index contributed by atoms with van der Waals surface area (Å²) in [6, 6.07) is 2.21. The van der Waals surface area contributed by atoms with Gasteiger partial charge >= 0.3 is 0 Å². The van der Waals surface area contributed by atoms with Gasteiger partial charge in [-0.3, -0.25) is 4.79 Å². The number of carbonyl (C=O) groups excluding carboxylic acids is 1. The quantitative estimate of drug-likeness (QED) is 0.794. The Morgan fingerprint density at radius 1 is 1.40 bits per heavy atom. The largest absolute Gasteiger partial charge is 0.469 e. The first-order valence-electron chi connectivity index (χ1n) is 9.00. The molecular formula is C18H26N4O2S. The van der Waals surface area contributed by atoms with E-state index in [9.17, 15) is 4.79 Å². The molecule has 6 nitrogen and oxygen atoms in total. The van der Waals surface area contributed by atoms with Crippen molar-refractivity contribution in [2.75, 3.05) is 5.75 Å². The minimum atomic E-state index is 0.0791. The molecule has 0 radical (unpaired) electrons. The van der Waals surface area contributed by atoms with E-state index in [0.717, 1.165) is 35.3 Å². The van der Waals surface area contributed by atoms with Crippen molar-refractivity contribution >= 4 is 17.7 Å². The molecule has 1 N–H and O–H groups in total. The van der Waals surface area contributed by atoms with E-state index >= 15 is 0 Å². The van der Waals surface area contributed by atoms with Crippen molar-refractivity contribution in [2.24, 2.45) is 5.92 Å². The number of hydrogen-bond acceptors (Lipinski definition) is 5. The standard InChI is InChI=1S/C18H26N4O2S/c1-4-22-17(14-9-10-24-13(14)3)20-21-18(22)25-11-16(23)19-15-8-6-5-7-12(15)2/h9-10,12,15H,4-8,11H2,1-3H3,(H,19,23). The van der Waals surface area contributed by atoms with Crippen LogP contribution in [-0.2, 0) is 11.3 Å². The molecule has 0 aromatic carbocycles. The molecule has 25 heavy (non-hydrogen) atoms. The summed E-state index contributed by atoms with van der Waals surface area (Å²) in [6.45, 7) is 6.94. The topological polar surface area (TPSA) is 73.0 Å². The molecule has 1 aliphatic carbocycles. The van der Waals surface area contributed by atoms with Crippen LogP contribution in [0, 0.1) is 12.8 Å². The first kappa shape index (κ1) is 18.0. The highest BCUT2D eigenvalue weighted by Gasteiger charge is 2.23. The fourth-order valence-electron chi connectivity index (χ4n) is 3.41. The molecule has 1 saturated carbocycles. The number of nitrogens with zero attached hydrogens (tertiary/aromatic N) is 3. The number of thioether (sulfide) groups is 1. The number of carbonyl (C=O) groups is 1. The van der Waals surface area contributed by atoms with Crippen LogP contribution < -0.4 is 5.32 Å². The number of furan rings is 1. The molecule has 136 valence electrons. The van der Waals surface area contributed by atoms with E-state index in [1.165, 1.54) is 31.0 Å². The fourth-order valence-corrected chi connectivity index (χ4v) is 4.22. The Kier molecular flexibility index (Phi) is 5.83. The number of nitrogens with one attached hydrogen (secondary N) is 1. The highest BCUT2D eigenvalue weighted by molar-refractivity contribution is 7.99. The second-order valence-electron chi connectivity index (χ2n) is 6.67. The average Bonchev–Trinajstić information content (AvgIpc) is 3.20. The Bertz CT molecular complexity index is 724. The van der Waals surface area contributed by atoms with Gasteiger partial charge in [0.05, 0.1) is 17.6 Å². The molecule has 2 aromatic heterocycles. The monoisotopic (exact) mass is 362 g/mol. The van der Waals surface area contributed by atoms with Crippen molar-refractivity contribution in [1.82, 2.24) is 20.1 Å². The lowest BCUT2D eigenvalue weighted by Crippen LogP contribution is -2.41. The van der Waals surface area contributed by atoms with Gasteiger partial charge in [-0.1, -0.05) is 31.5 Å². The minimum Gasteiger partial charge on any atom is -0.469 e. The molecule has 1 aliphatic rings. The molecule has 1 fully saturated rings. The van der Waals surface area contributed by atoms with Crippen LogP contribution in [-0.4, -0.2) is 32.5 Å². The Hall–Kier alpha value is -1.76. The summed E-state index contributed by atoms with van der Waals surface area (Å²) in [4.78, 5) is 12.3. The summed E-state index contributed by atoms with van der Waals surface area (Å²) in [5.74, 6) is 2.62. The van der Waals surface area contributed by atoms with Crippen molar-refractivity contribution in [3.8, 4) is 11.4 Å². The molecule has 7 heteroatoms. The van der Waals surface area contributed by atoms with Crippen LogP contribution in [0.25, 0.3) is 11.4 Å². The number of hydrogen-bond donors (Lipinski definition) is 1. The van der Waals surface area contributed by atoms with Crippen LogP contribution in [0.5, 0.6) is 0 Å². The van der Waals surface area contributed by atoms with Crippen LogP contribution in [0.3, 0.4) is 0 Å². The van der Waals surface area contributed by atoms with Gasteiger partial charge in [-0.05, 0) is 38.7 Å². The molecule has 0 bridgehead atoms. The molecule has 0 aliphatic heterocycles. The highest BCUT2D eigenvalue weighted by atomic mass is 32.2. The van der Waals surface area contributed by atoms with E-state index in [0.29, 0.717) is 17.7 Å². The third kappa shape index (κ3) is 4.08. The second kappa shape index (κ2) is 8.08. The lowest BCUT2D eigenvalue weighted by molar-refractivity contribution is -0.119. The van der Waals surface area contributed by atoms with E-state index in [2.05, 4.69) is 29.4 Å². The van der Waals surface area contributed by atoms with Gasteiger partial charge in [-0.25, -0.2) is 0 Å². The molecule has 0 spiro atoms. The Labute approximate surface area is 152 Å². The molecule has 3 rings (SSSR count). The van der Waals surface area contributed by atoms with Gasteiger partial charge in [0.25, 0.3) is 0 Å². The molecule has 2 atom stereocenters. The zero-order chi connectivity index (χ0) is 17.8. The van der Waals surface area contributed by atoms with E-state index in [-0.39, 0.29) is 5.91 Å². The Morgan fingerprint density at radius 3 is 2.88 bits per heavy atom. The second-order valence-corrected chi connectivity index (χ2v) is 7.61. The first-order valence-corrected chi connectivity index (χ1v) is 9.98. The zero-order valence-electron chi connectivity index (χ0n) is 15.1. The molecular weight excluding hydrogens is 336 g/mol. The number of aryl methyl sites for hydroxylation is 1. The smallest absolute Gasteiger partial charge is 0.230 e. The minimum absolute atomic E-state index is 0.0791. The SMILES string of the molecule is CCn1c(SCC(=O)NC2CCCCC2C)nnc1-c1ccoc1C. The number of rotatable bonds is 6. The number of aromatic nitrogens is 3. The van der Waals surface area contributed by atoms with Gasteiger partial charge in [0.15, 0.2) is 11.0 Å². The van der Waals surface area contributed by atoms with Crippen molar-refractivity contribution in [3.63, 3.8) is 0 Å². The van der Waals surface area contributed by atoms with Gasteiger partial charge < -0.3 is 14.3 Å². The normalized spacial score (nSPS) is 20.6. The van der Waals surface area contributed by atoms with Gasteiger partial charge in [-0.15, -0.1) is 10.2 Å². The lowest BCUT2D eigenvalue weighted by Gasteiger charge is -2.29. The van der Waals surface area contributed by atoms with Crippen LogP contribution in [0.4, 0.5) is 0 Å². The van der Waals surface area contributed by atoms with Crippen LogP contribution in [0.15, 0.2) is 21.9 Å². The summed E-state index contributed by atoms with van der Waals surface area (Å²) in [5, 5.41) is 12.5. The predicted octanol–water partition coefficient (Wildman–Crippen LogP) is 3.65. The van der Waals surface area contributed by atoms with Gasteiger partial charge in [0, 0.05) is 12.6 Å². The fraction of sp³-hybridized carbons (Fsp3) is 0.611. The highest BCUT2D eigenvalue weighted by Crippen LogP contribution is 2.27.